The van der Waals surface area contributed by atoms with Gasteiger partial charge in [0.2, 0.25) is 6.35 Å². The van der Waals surface area contributed by atoms with E-state index in [9.17, 15) is 17.7 Å². The summed E-state index contributed by atoms with van der Waals surface area (Å²) in [7, 11) is 0. The Morgan fingerprint density at radius 3 is 2.74 bits per heavy atom. The van der Waals surface area contributed by atoms with Crippen molar-refractivity contribution in [3.05, 3.63) is 29.8 Å². The number of nitrogens with one attached hydrogen (secondary N) is 2. The zero-order chi connectivity index (χ0) is 16.6. The topological polar surface area (TPSA) is 97.6 Å². The van der Waals surface area contributed by atoms with E-state index in [0.717, 1.165) is 11.2 Å². The lowest BCUT2D eigenvalue weighted by Crippen LogP contribution is -2.40. The average molecular weight is 351 g/mol. The Kier molecular flexibility index (Phi) is 4.25. The molecule has 0 aromatic heterocycles. The lowest BCUT2D eigenvalue weighted by Gasteiger charge is -2.17. The normalized spacial score (nSPS) is 21.7. The zero-order valence-electron chi connectivity index (χ0n) is 11.7. The second-order valence-corrected chi connectivity index (χ2v) is 6.07. The molecule has 0 amide bonds. The minimum absolute atomic E-state index is 0.0347. The second kappa shape index (κ2) is 6.05. The van der Waals surface area contributed by atoms with Crippen molar-refractivity contribution < 1.29 is 27.4 Å². The summed E-state index contributed by atoms with van der Waals surface area (Å²) in [6, 6.07) is 4.86. The molecule has 0 bridgehead atoms. The molecule has 8 nitrogen and oxygen atoms in total. The molecule has 2 aliphatic rings. The van der Waals surface area contributed by atoms with Gasteiger partial charge in [0.25, 0.3) is 0 Å². The van der Waals surface area contributed by atoms with Gasteiger partial charge in [-0.3, -0.25) is 4.84 Å². The van der Waals surface area contributed by atoms with Crippen molar-refractivity contribution in [1.29, 1.82) is 0 Å². The molecule has 2 aliphatic heterocycles. The molecule has 12 heteroatoms. The molecule has 0 saturated carbocycles. The number of nitrogens with zero attached hydrogens (tertiary/aromatic N) is 3. The van der Waals surface area contributed by atoms with Crippen molar-refractivity contribution in [2.75, 3.05) is 17.3 Å². The minimum Gasteiger partial charge on any atom is -0.615 e. The van der Waals surface area contributed by atoms with Crippen LogP contribution in [0.1, 0.15) is 5.56 Å². The van der Waals surface area contributed by atoms with Crippen LogP contribution in [-0.2, 0) is 27.0 Å². The summed E-state index contributed by atoms with van der Waals surface area (Å²) in [4.78, 5) is 11.3. The van der Waals surface area contributed by atoms with Crippen molar-refractivity contribution in [2.45, 2.75) is 12.5 Å². The number of para-hydroxylation sites is 1. The molecule has 23 heavy (non-hydrogen) atoms. The highest BCUT2D eigenvalue weighted by Gasteiger charge is 2.40. The third-order valence-corrected chi connectivity index (χ3v) is 3.56. The van der Waals surface area contributed by atoms with Crippen molar-refractivity contribution in [3.63, 3.8) is 0 Å². The number of benzene rings is 1. The molecular formula is C11H12F3N5O3S. The van der Waals surface area contributed by atoms with Gasteiger partial charge in [-0.25, -0.2) is 4.90 Å². The highest BCUT2D eigenvalue weighted by Crippen LogP contribution is 2.36. The van der Waals surface area contributed by atoms with E-state index in [1.165, 1.54) is 29.4 Å². The number of hydrazine groups is 1. The largest absolute Gasteiger partial charge is 0.615 e. The van der Waals surface area contributed by atoms with Crippen LogP contribution in [0.2, 0.25) is 0 Å². The van der Waals surface area contributed by atoms with Crippen molar-refractivity contribution >= 4 is 22.9 Å². The molecule has 2 N–H and O–H groups in total. The van der Waals surface area contributed by atoms with E-state index in [0.29, 0.717) is 0 Å². The Bertz CT molecular complexity index is 611. The Morgan fingerprint density at radius 2 is 2.13 bits per heavy atom. The van der Waals surface area contributed by atoms with Gasteiger partial charge in [-0.15, -0.1) is 5.48 Å². The Morgan fingerprint density at radius 1 is 1.43 bits per heavy atom. The Labute approximate surface area is 131 Å². The van der Waals surface area contributed by atoms with Crippen molar-refractivity contribution in [1.82, 2.24) is 16.0 Å². The summed E-state index contributed by atoms with van der Waals surface area (Å²) in [5, 5.41) is 4.79. The van der Waals surface area contributed by atoms with E-state index in [2.05, 4.69) is 16.2 Å². The molecule has 0 spiro atoms. The lowest BCUT2D eigenvalue weighted by atomic mass is 10.2. The predicted molar refractivity (Wildman–Crippen MR) is 74.4 cm³/mol. The molecule has 126 valence electrons. The van der Waals surface area contributed by atoms with E-state index in [-0.39, 0.29) is 17.6 Å². The number of hydroxylamine groups is 1. The molecule has 3 rings (SSSR count). The van der Waals surface area contributed by atoms with Gasteiger partial charge in [0.15, 0.2) is 5.88 Å². The molecule has 2 unspecified atom stereocenters. The molecule has 1 aromatic carbocycles. The fraction of sp³-hybridized carbons (Fsp3) is 0.364. The maximum absolute atomic E-state index is 13.0. The molecule has 1 aromatic rings. The molecule has 2 heterocycles. The van der Waals surface area contributed by atoms with Gasteiger partial charge >= 0.3 is 12.2 Å². The first-order valence-corrected chi connectivity index (χ1v) is 8.04. The van der Waals surface area contributed by atoms with Crippen LogP contribution in [0.25, 0.3) is 0 Å². The highest BCUT2D eigenvalue weighted by atomic mass is 32.2. The molecule has 1 saturated heterocycles. The SMILES string of the molecule is C[S+]([O-])CN(C1=NN(c2ccccc2C(F)(F)F)NO1)C1NO1. The van der Waals surface area contributed by atoms with E-state index in [4.69, 9.17) is 9.68 Å². The van der Waals surface area contributed by atoms with E-state index >= 15 is 0 Å². The van der Waals surface area contributed by atoms with E-state index < -0.39 is 29.3 Å². The molecule has 1 fully saturated rings. The monoisotopic (exact) mass is 351 g/mol. The van der Waals surface area contributed by atoms with Crippen LogP contribution in [-0.4, -0.2) is 34.0 Å². The predicted octanol–water partition coefficient (Wildman–Crippen LogP) is 0.689. The van der Waals surface area contributed by atoms with Crippen molar-refractivity contribution in [3.8, 4) is 0 Å². The third kappa shape index (κ3) is 3.61. The molecule has 0 aliphatic carbocycles. The summed E-state index contributed by atoms with van der Waals surface area (Å²) in [5.74, 6) is 0.0347. The fourth-order valence-electron chi connectivity index (χ4n) is 1.90. The van der Waals surface area contributed by atoms with Crippen molar-refractivity contribution in [2.24, 2.45) is 5.10 Å². The maximum Gasteiger partial charge on any atom is 0.418 e. The van der Waals surface area contributed by atoms with Crippen LogP contribution in [0.5, 0.6) is 0 Å². The number of hydrazone groups is 1. The smallest absolute Gasteiger partial charge is 0.418 e. The number of hydrogen-bond donors (Lipinski definition) is 2. The van der Waals surface area contributed by atoms with E-state index in [1.807, 2.05) is 0 Å². The van der Waals surface area contributed by atoms with Crippen LogP contribution in [0.4, 0.5) is 18.9 Å². The number of halogens is 3. The first-order chi connectivity index (χ1) is 10.9. The van der Waals surface area contributed by atoms with Crippen LogP contribution < -0.4 is 16.2 Å². The van der Waals surface area contributed by atoms with Gasteiger partial charge in [0.1, 0.15) is 0 Å². The van der Waals surface area contributed by atoms with Gasteiger partial charge in [-0.2, -0.15) is 18.3 Å². The molecular weight excluding hydrogens is 339 g/mol. The maximum atomic E-state index is 13.0. The van der Waals surface area contributed by atoms with Crippen LogP contribution in [0, 0.1) is 0 Å². The summed E-state index contributed by atoms with van der Waals surface area (Å²) < 4.78 is 50.5. The quantitative estimate of drug-likeness (QED) is 0.608. The second-order valence-electron chi connectivity index (χ2n) is 4.66. The average Bonchev–Trinajstić information content (AvgIpc) is 3.20. The molecule has 2 atom stereocenters. The van der Waals surface area contributed by atoms with Gasteiger partial charge in [-0.05, 0) is 28.9 Å². The third-order valence-electron chi connectivity index (χ3n) is 2.92. The Hall–Kier alpha value is -1.73. The standard InChI is InChI=1S/C11H12F3N5O3S/c1-23(20)6-18(10-16-21-10)9-15-19(17-22-9)8-5-3-2-4-7(8)11(12,13)14/h2-5,10,16-17H,6H2,1H3. The summed E-state index contributed by atoms with van der Waals surface area (Å²) in [5.41, 5.74) is 3.70. The van der Waals surface area contributed by atoms with Gasteiger partial charge in [0, 0.05) is 0 Å². The zero-order valence-corrected chi connectivity index (χ0v) is 12.5. The first kappa shape index (κ1) is 16.1. The number of anilines is 1. The fourth-order valence-corrected chi connectivity index (χ4v) is 2.54. The number of rotatable bonds is 4. The number of alkyl halides is 3. The first-order valence-electron chi connectivity index (χ1n) is 6.31. The summed E-state index contributed by atoms with van der Waals surface area (Å²) >= 11 is -1.23. The highest BCUT2D eigenvalue weighted by molar-refractivity contribution is 7.90. The molecule has 0 radical (unpaired) electrons. The van der Waals surface area contributed by atoms with E-state index in [1.54, 1.807) is 0 Å². The van der Waals surface area contributed by atoms with Gasteiger partial charge in [-0.1, -0.05) is 17.2 Å². The minimum atomic E-state index is -4.54. The summed E-state index contributed by atoms with van der Waals surface area (Å²) in [6.07, 6.45) is -3.66. The van der Waals surface area contributed by atoms with Gasteiger partial charge in [0.05, 0.1) is 17.5 Å². The van der Waals surface area contributed by atoms with Crippen LogP contribution in [0.3, 0.4) is 0 Å². The van der Waals surface area contributed by atoms with Gasteiger partial charge < -0.3 is 9.39 Å². The number of hydrogen-bond acceptors (Lipinski definition) is 8. The lowest BCUT2D eigenvalue weighted by molar-refractivity contribution is -0.137. The van der Waals surface area contributed by atoms with Crippen LogP contribution in [0.15, 0.2) is 29.4 Å². The summed E-state index contributed by atoms with van der Waals surface area (Å²) in [6.45, 7) is 0. The Balaban J connectivity index is 1.85. The number of amidine groups is 1. The van der Waals surface area contributed by atoms with Crippen LogP contribution >= 0.6 is 0 Å².